The molecule has 0 saturated heterocycles. The van der Waals surface area contributed by atoms with E-state index in [-0.39, 0.29) is 11.1 Å². The van der Waals surface area contributed by atoms with Gasteiger partial charge < -0.3 is 5.32 Å². The van der Waals surface area contributed by atoms with E-state index in [2.05, 4.69) is 12.2 Å². The Hall–Kier alpha value is -0.900. The highest BCUT2D eigenvalue weighted by Crippen LogP contribution is 2.35. The number of halogens is 4. The van der Waals surface area contributed by atoms with Crippen LogP contribution in [0.2, 0.25) is 5.02 Å². The summed E-state index contributed by atoms with van der Waals surface area (Å²) in [6, 6.07) is 3.69. The van der Waals surface area contributed by atoms with E-state index in [9.17, 15) is 13.2 Å². The first-order valence-electron chi connectivity index (χ1n) is 6.51. The molecule has 1 nitrogen and oxygen atoms in total. The van der Waals surface area contributed by atoms with Gasteiger partial charge in [-0.15, -0.1) is 0 Å². The lowest BCUT2D eigenvalue weighted by atomic mass is 9.99. The molecule has 0 radical (unpaired) electrons. The van der Waals surface area contributed by atoms with Crippen molar-refractivity contribution in [1.82, 2.24) is 0 Å². The minimum Gasteiger partial charge on any atom is -0.381 e. The summed E-state index contributed by atoms with van der Waals surface area (Å²) < 4.78 is 37.6. The van der Waals surface area contributed by atoms with Crippen molar-refractivity contribution in [3.05, 3.63) is 28.8 Å². The quantitative estimate of drug-likeness (QED) is 0.791. The molecule has 5 heteroatoms. The maximum Gasteiger partial charge on any atom is 0.416 e. The molecule has 19 heavy (non-hydrogen) atoms. The molecule has 1 saturated carbocycles. The Morgan fingerprint density at radius 2 is 1.89 bits per heavy atom. The molecule has 0 spiro atoms. The molecule has 0 amide bonds. The second kappa shape index (κ2) is 5.61. The lowest BCUT2D eigenvalue weighted by molar-refractivity contribution is -0.137. The van der Waals surface area contributed by atoms with E-state index < -0.39 is 11.7 Å². The summed E-state index contributed by atoms with van der Waals surface area (Å²) in [6.07, 6.45) is 0.465. The van der Waals surface area contributed by atoms with Gasteiger partial charge in [-0.05, 0) is 43.9 Å². The van der Waals surface area contributed by atoms with Crippen LogP contribution in [0, 0.1) is 5.92 Å². The van der Waals surface area contributed by atoms with Crippen LogP contribution in [-0.2, 0) is 6.18 Å². The molecule has 0 bridgehead atoms. The van der Waals surface area contributed by atoms with Crippen molar-refractivity contribution >= 4 is 17.3 Å². The lowest BCUT2D eigenvalue weighted by Gasteiger charge is -2.22. The van der Waals surface area contributed by atoms with E-state index in [4.69, 9.17) is 11.6 Å². The van der Waals surface area contributed by atoms with Gasteiger partial charge in [0.2, 0.25) is 0 Å². The molecule has 0 aromatic heterocycles. The standard InChI is InChI=1S/C14H17ClF3N/c1-9(10-4-2-3-5-10)19-13-7-6-11(8-12(13)15)14(16,17)18/h6-10,19H,2-5H2,1H3. The Balaban J connectivity index is 2.08. The number of anilines is 1. The predicted octanol–water partition coefficient (Wildman–Crippen LogP) is 5.35. The summed E-state index contributed by atoms with van der Waals surface area (Å²) in [7, 11) is 0. The fourth-order valence-electron chi connectivity index (χ4n) is 2.63. The molecule has 1 aliphatic rings. The lowest BCUT2D eigenvalue weighted by Crippen LogP contribution is -2.24. The number of alkyl halides is 3. The first kappa shape index (κ1) is 14.5. The van der Waals surface area contributed by atoms with Gasteiger partial charge in [-0.1, -0.05) is 24.4 Å². The zero-order valence-electron chi connectivity index (χ0n) is 10.7. The minimum atomic E-state index is -4.35. The number of nitrogens with one attached hydrogen (secondary N) is 1. The molecule has 1 aromatic carbocycles. The van der Waals surface area contributed by atoms with Crippen LogP contribution < -0.4 is 5.32 Å². The Morgan fingerprint density at radius 1 is 1.26 bits per heavy atom. The first-order valence-corrected chi connectivity index (χ1v) is 6.89. The normalized spacial score (nSPS) is 18.6. The molecular formula is C14H17ClF3N. The van der Waals surface area contributed by atoms with E-state index in [1.54, 1.807) is 0 Å². The Kier molecular flexibility index (Phi) is 4.29. The van der Waals surface area contributed by atoms with Gasteiger partial charge in [0.1, 0.15) is 0 Å². The highest BCUT2D eigenvalue weighted by Gasteiger charge is 2.31. The minimum absolute atomic E-state index is 0.125. The molecule has 1 atom stereocenters. The summed E-state index contributed by atoms with van der Waals surface area (Å²) in [4.78, 5) is 0. The van der Waals surface area contributed by atoms with Crippen LogP contribution in [0.15, 0.2) is 18.2 Å². The summed E-state index contributed by atoms with van der Waals surface area (Å²) >= 11 is 5.92. The van der Waals surface area contributed by atoms with Gasteiger partial charge in [0.05, 0.1) is 16.3 Å². The number of rotatable bonds is 3. The van der Waals surface area contributed by atoms with Crippen molar-refractivity contribution in [3.8, 4) is 0 Å². The Morgan fingerprint density at radius 3 is 2.42 bits per heavy atom. The topological polar surface area (TPSA) is 12.0 Å². The van der Waals surface area contributed by atoms with Gasteiger partial charge in [-0.3, -0.25) is 0 Å². The molecular weight excluding hydrogens is 275 g/mol. The largest absolute Gasteiger partial charge is 0.416 e. The first-order chi connectivity index (χ1) is 8.88. The van der Waals surface area contributed by atoms with Crippen molar-refractivity contribution in [2.75, 3.05) is 5.32 Å². The Bertz CT molecular complexity index is 439. The molecule has 1 aromatic rings. The summed E-state index contributed by atoms with van der Waals surface area (Å²) in [5.41, 5.74) is -0.134. The van der Waals surface area contributed by atoms with Gasteiger partial charge in [0.15, 0.2) is 0 Å². The Labute approximate surface area is 116 Å². The fourth-order valence-corrected chi connectivity index (χ4v) is 2.86. The third-order valence-corrected chi connectivity index (χ3v) is 4.10. The fraction of sp³-hybridized carbons (Fsp3) is 0.571. The maximum absolute atomic E-state index is 12.5. The molecule has 0 aliphatic heterocycles. The zero-order chi connectivity index (χ0) is 14.0. The molecule has 0 heterocycles. The van der Waals surface area contributed by atoms with Gasteiger partial charge in [-0.2, -0.15) is 13.2 Å². The van der Waals surface area contributed by atoms with E-state index >= 15 is 0 Å². The average Bonchev–Trinajstić information content (AvgIpc) is 2.84. The van der Waals surface area contributed by atoms with Crippen molar-refractivity contribution in [2.45, 2.75) is 44.8 Å². The SMILES string of the molecule is CC(Nc1ccc(C(F)(F)F)cc1Cl)C1CCCC1. The van der Waals surface area contributed by atoms with Crippen molar-refractivity contribution in [1.29, 1.82) is 0 Å². The summed E-state index contributed by atoms with van der Waals surface area (Å²) in [5, 5.41) is 3.36. The summed E-state index contributed by atoms with van der Waals surface area (Å²) in [5.74, 6) is 0.582. The molecule has 1 N–H and O–H groups in total. The van der Waals surface area contributed by atoms with E-state index in [0.29, 0.717) is 11.6 Å². The van der Waals surface area contributed by atoms with Crippen LogP contribution in [-0.4, -0.2) is 6.04 Å². The van der Waals surface area contributed by atoms with Crippen LogP contribution >= 0.6 is 11.6 Å². The number of hydrogen-bond acceptors (Lipinski definition) is 1. The molecule has 2 rings (SSSR count). The monoisotopic (exact) mass is 291 g/mol. The third kappa shape index (κ3) is 3.56. The smallest absolute Gasteiger partial charge is 0.381 e. The number of benzene rings is 1. The van der Waals surface area contributed by atoms with Crippen molar-refractivity contribution in [3.63, 3.8) is 0 Å². The third-order valence-electron chi connectivity index (χ3n) is 3.79. The van der Waals surface area contributed by atoms with Gasteiger partial charge >= 0.3 is 6.18 Å². The number of hydrogen-bond donors (Lipinski definition) is 1. The van der Waals surface area contributed by atoms with Crippen molar-refractivity contribution in [2.24, 2.45) is 5.92 Å². The molecule has 1 unspecified atom stereocenters. The van der Waals surface area contributed by atoms with Crippen LogP contribution in [0.1, 0.15) is 38.2 Å². The molecule has 1 fully saturated rings. The van der Waals surface area contributed by atoms with Crippen LogP contribution in [0.5, 0.6) is 0 Å². The zero-order valence-corrected chi connectivity index (χ0v) is 11.5. The highest BCUT2D eigenvalue weighted by molar-refractivity contribution is 6.33. The van der Waals surface area contributed by atoms with E-state index in [0.717, 1.165) is 12.1 Å². The van der Waals surface area contributed by atoms with Crippen LogP contribution in [0.4, 0.5) is 18.9 Å². The highest BCUT2D eigenvalue weighted by atomic mass is 35.5. The molecule has 106 valence electrons. The van der Waals surface area contributed by atoms with E-state index in [1.807, 2.05) is 0 Å². The van der Waals surface area contributed by atoms with Gasteiger partial charge in [0.25, 0.3) is 0 Å². The second-order valence-electron chi connectivity index (χ2n) is 5.17. The molecule has 1 aliphatic carbocycles. The summed E-state index contributed by atoms with van der Waals surface area (Å²) in [6.45, 7) is 2.06. The average molecular weight is 292 g/mol. The van der Waals surface area contributed by atoms with Gasteiger partial charge in [-0.25, -0.2) is 0 Å². The van der Waals surface area contributed by atoms with E-state index in [1.165, 1.54) is 31.7 Å². The predicted molar refractivity (Wildman–Crippen MR) is 71.5 cm³/mol. The maximum atomic E-state index is 12.5. The second-order valence-corrected chi connectivity index (χ2v) is 5.58. The van der Waals surface area contributed by atoms with Crippen molar-refractivity contribution < 1.29 is 13.2 Å². The van der Waals surface area contributed by atoms with Crippen LogP contribution in [0.3, 0.4) is 0 Å². The van der Waals surface area contributed by atoms with Gasteiger partial charge in [0, 0.05) is 6.04 Å². The van der Waals surface area contributed by atoms with Crippen LogP contribution in [0.25, 0.3) is 0 Å².